The highest BCUT2D eigenvalue weighted by atomic mass is 35.6. The van der Waals surface area contributed by atoms with E-state index in [0.29, 0.717) is 0 Å². The monoisotopic (exact) mass is 536 g/mol. The smallest absolute Gasteiger partial charge is 0.282 e. The van der Waals surface area contributed by atoms with Gasteiger partial charge in [-0.05, 0) is 0 Å². The molecule has 18 nitrogen and oxygen atoms in total. The van der Waals surface area contributed by atoms with Gasteiger partial charge in [-0.1, -0.05) is 0 Å². The van der Waals surface area contributed by atoms with Crippen molar-refractivity contribution in [3.05, 3.63) is 0 Å². The van der Waals surface area contributed by atoms with E-state index in [4.69, 9.17) is 83.9 Å². The summed E-state index contributed by atoms with van der Waals surface area (Å²) >= 11 is 0. The molecular formula is H6Cl6O18S. The van der Waals surface area contributed by atoms with Gasteiger partial charge >= 0.3 is 0 Å². The summed E-state index contributed by atoms with van der Waals surface area (Å²) in [5.74, 6) is 0. The average Bonchev–Trinajstić information content (AvgIpc) is 2.08. The van der Waals surface area contributed by atoms with Crippen molar-refractivity contribution in [1.82, 2.24) is 0 Å². The van der Waals surface area contributed by atoms with Gasteiger partial charge < -0.3 is 55.9 Å². The van der Waals surface area contributed by atoms with Gasteiger partial charge in [0.25, 0.3) is 64.7 Å². The highest BCUT2D eigenvalue weighted by Crippen LogP contribution is 1.40. The van der Waals surface area contributed by atoms with Crippen molar-refractivity contribution >= 4 is 13.5 Å². The highest BCUT2D eigenvalue weighted by molar-refractivity contribution is 7.59. The lowest BCUT2D eigenvalue weighted by Gasteiger charge is -1.72. The van der Waals surface area contributed by atoms with Crippen LogP contribution in [0.5, 0.6) is 0 Å². The minimum atomic E-state index is -2.60. The highest BCUT2D eigenvalue weighted by Gasteiger charge is 1.81. The minimum Gasteiger partial charge on any atom is -0.321 e. The second kappa shape index (κ2) is 40.2. The zero-order chi connectivity index (χ0) is 21.5. The Morgan fingerprint density at radius 2 is 0.280 bits per heavy atom. The molecule has 0 aromatic heterocycles. The molecule has 0 saturated carbocycles. The van der Waals surface area contributed by atoms with E-state index in [1.54, 1.807) is 0 Å². The van der Waals surface area contributed by atoms with E-state index in [0.717, 1.165) is 0 Å². The van der Waals surface area contributed by atoms with Gasteiger partial charge in [0.05, 0.1) is 0 Å². The lowest BCUT2D eigenvalue weighted by molar-refractivity contribution is -1.63. The van der Waals surface area contributed by atoms with Crippen molar-refractivity contribution in [2.75, 3.05) is 0 Å². The fourth-order valence-corrected chi connectivity index (χ4v) is 0. The molecule has 25 heteroatoms. The first kappa shape index (κ1) is 45.2. The van der Waals surface area contributed by atoms with E-state index in [2.05, 4.69) is 0 Å². The molecule has 0 aliphatic heterocycles. The molecule has 0 aliphatic rings. The molecule has 0 heterocycles. The van der Waals surface area contributed by atoms with E-state index < -0.39 is 64.7 Å². The maximum Gasteiger partial charge on any atom is 0.282 e. The maximum absolute atomic E-state index is 8.52. The second-order valence-corrected chi connectivity index (χ2v) is 3.62. The SMILES string of the molecule is [O-][Cl+2]([O-])O.[O-][Cl+2]([O-])O.[O-][Cl+2]([O-])O.[O-][Cl+2]([O-])O.[O-][Cl+2]([O-])O.[O-][Cl+2]([O-])O.[S]. The summed E-state index contributed by atoms with van der Waals surface area (Å²) in [6.07, 6.45) is 0. The molecule has 0 rings (SSSR count). The van der Waals surface area contributed by atoms with Gasteiger partial charge in [-0.15, -0.1) is 0 Å². The fraction of sp³-hybridized carbons (Fsp3) is 0. The van der Waals surface area contributed by atoms with Gasteiger partial charge in [0.1, 0.15) is 0 Å². The van der Waals surface area contributed by atoms with E-state index >= 15 is 0 Å². The van der Waals surface area contributed by atoms with Crippen LogP contribution in [-0.2, 0) is 0 Å². The Labute approximate surface area is 162 Å². The normalized spacial score (nSPS) is 8.64. The molecule has 0 unspecified atom stereocenters. The van der Waals surface area contributed by atoms with E-state index in [-0.39, 0.29) is 13.5 Å². The third-order valence-corrected chi connectivity index (χ3v) is 0. The average molecular weight is 539 g/mol. The van der Waals surface area contributed by atoms with Gasteiger partial charge in [-0.3, -0.25) is 0 Å². The van der Waals surface area contributed by atoms with Crippen LogP contribution < -0.4 is 55.9 Å². The topological polar surface area (TPSA) is 398 Å². The molecule has 0 aliphatic carbocycles. The van der Waals surface area contributed by atoms with Crippen LogP contribution in [0.15, 0.2) is 0 Å². The number of hydrogen-bond acceptors (Lipinski definition) is 18. The number of hydrogen-bond donors (Lipinski definition) is 6. The van der Waals surface area contributed by atoms with Gasteiger partial charge in [0.2, 0.25) is 0 Å². The summed E-state index contributed by atoms with van der Waals surface area (Å²) in [7, 11) is -15.6. The van der Waals surface area contributed by atoms with Crippen LogP contribution in [-0.4, -0.2) is 28.0 Å². The molecule has 0 amide bonds. The van der Waals surface area contributed by atoms with Crippen LogP contribution in [0.3, 0.4) is 0 Å². The van der Waals surface area contributed by atoms with Gasteiger partial charge in [-0.25, -0.2) is 0 Å². The zero-order valence-electron chi connectivity index (χ0n) is 10.3. The summed E-state index contributed by atoms with van der Waals surface area (Å²) in [6, 6.07) is 0. The summed E-state index contributed by atoms with van der Waals surface area (Å²) in [5.41, 5.74) is 0. The minimum absolute atomic E-state index is 0. The predicted molar refractivity (Wildman–Crippen MR) is 20.9 cm³/mol. The van der Waals surface area contributed by atoms with Crippen LogP contribution in [0, 0.1) is 64.7 Å². The zero-order valence-corrected chi connectivity index (χ0v) is 15.6. The molecular weight excluding hydrogens is 533 g/mol. The summed E-state index contributed by atoms with van der Waals surface area (Å²) in [6.45, 7) is 0. The first-order valence-corrected chi connectivity index (χ1v) is 8.60. The van der Waals surface area contributed by atoms with Crippen LogP contribution >= 0.6 is 13.5 Å². The first-order chi connectivity index (χ1) is 10.4. The number of halogens is 6. The standard InChI is InChI=1S/6ClHO3.S/c6*2-1(3)4;/h6*2H;. The molecule has 2 radical (unpaired) electrons. The van der Waals surface area contributed by atoms with Crippen molar-refractivity contribution in [3.8, 4) is 0 Å². The molecule has 0 aromatic carbocycles. The summed E-state index contributed by atoms with van der Waals surface area (Å²) in [4.78, 5) is 0. The Balaban J connectivity index is -0.0000000309. The van der Waals surface area contributed by atoms with Gasteiger partial charge in [0.15, 0.2) is 0 Å². The van der Waals surface area contributed by atoms with Crippen LogP contribution in [0.1, 0.15) is 0 Å². The lowest BCUT2D eigenvalue weighted by Crippen LogP contribution is -2.30. The van der Waals surface area contributed by atoms with Gasteiger partial charge in [-0.2, -0.15) is 0 Å². The maximum atomic E-state index is 8.52. The van der Waals surface area contributed by atoms with Crippen molar-refractivity contribution in [1.29, 1.82) is 0 Å². The van der Waals surface area contributed by atoms with Crippen LogP contribution in [0.2, 0.25) is 0 Å². The Morgan fingerprint density at radius 3 is 0.280 bits per heavy atom. The third-order valence-electron chi connectivity index (χ3n) is 0. The predicted octanol–water partition coefficient (Wildman–Crippen LogP) is -17.0. The van der Waals surface area contributed by atoms with Crippen LogP contribution in [0.25, 0.3) is 0 Å². The second-order valence-electron chi connectivity index (χ2n) is 1.21. The third kappa shape index (κ3) is 7380. The molecule has 6 N–H and O–H groups in total. The molecule has 0 atom stereocenters. The summed E-state index contributed by atoms with van der Waals surface area (Å²) in [5, 5.41) is 0. The van der Waals surface area contributed by atoms with E-state index in [1.807, 2.05) is 0 Å². The van der Waals surface area contributed by atoms with Crippen LogP contribution in [0.4, 0.5) is 0 Å². The van der Waals surface area contributed by atoms with Crippen molar-refractivity contribution < 1.29 is 149 Å². The molecule has 0 aromatic rings. The Hall–Kier alpha value is 1.37. The van der Waals surface area contributed by atoms with Gasteiger partial charge in [0, 0.05) is 41.4 Å². The molecule has 0 saturated heterocycles. The Kier molecular flexibility index (Phi) is 72.7. The lowest BCUT2D eigenvalue weighted by atomic mass is 15.8. The number of rotatable bonds is 0. The molecule has 25 heavy (non-hydrogen) atoms. The summed E-state index contributed by atoms with van der Waals surface area (Å²) < 4.78 is 144. The van der Waals surface area contributed by atoms with E-state index in [1.165, 1.54) is 0 Å². The first-order valence-electron chi connectivity index (χ1n) is 2.87. The quantitative estimate of drug-likeness (QED) is 0.166. The van der Waals surface area contributed by atoms with Crippen molar-refractivity contribution in [2.24, 2.45) is 0 Å². The molecule has 162 valence electrons. The molecule has 0 spiro atoms. The fourth-order valence-electron chi connectivity index (χ4n) is 0. The van der Waals surface area contributed by atoms with Crippen molar-refractivity contribution in [3.63, 3.8) is 0 Å². The Morgan fingerprint density at radius 1 is 0.280 bits per heavy atom. The van der Waals surface area contributed by atoms with E-state index in [9.17, 15) is 0 Å². The van der Waals surface area contributed by atoms with Crippen molar-refractivity contribution in [2.45, 2.75) is 0 Å². The largest absolute Gasteiger partial charge is 0.321 e. The Bertz CT molecular complexity index is 101. The molecule has 0 fully saturated rings. The molecule has 0 bridgehead atoms.